The van der Waals surface area contributed by atoms with Gasteiger partial charge in [-0.2, -0.15) is 0 Å². The first-order valence-electron chi connectivity index (χ1n) is 10.1. The van der Waals surface area contributed by atoms with Crippen LogP contribution in [-0.2, 0) is 0 Å². The zero-order valence-corrected chi connectivity index (χ0v) is 17.1. The number of rotatable bonds is 6. The summed E-state index contributed by atoms with van der Waals surface area (Å²) in [7, 11) is 0. The van der Waals surface area contributed by atoms with E-state index in [0.29, 0.717) is 33.6 Å². The number of amides is 2. The van der Waals surface area contributed by atoms with Crippen molar-refractivity contribution < 1.29 is 14.4 Å². The van der Waals surface area contributed by atoms with Gasteiger partial charge in [-0.1, -0.05) is 66.7 Å². The van der Waals surface area contributed by atoms with Crippen molar-refractivity contribution >= 4 is 29.0 Å². The van der Waals surface area contributed by atoms with Crippen LogP contribution in [0.5, 0.6) is 0 Å². The van der Waals surface area contributed by atoms with Gasteiger partial charge in [-0.15, -0.1) is 0 Å². The molecule has 0 heterocycles. The Bertz CT molecular complexity index is 1250. The summed E-state index contributed by atoms with van der Waals surface area (Å²) in [6.07, 6.45) is 0. The Morgan fingerprint density at radius 2 is 0.875 bits per heavy atom. The van der Waals surface area contributed by atoms with Crippen LogP contribution in [0.25, 0.3) is 0 Å². The van der Waals surface area contributed by atoms with Crippen molar-refractivity contribution in [2.45, 2.75) is 0 Å². The molecule has 4 aromatic carbocycles. The zero-order chi connectivity index (χ0) is 22.3. The molecule has 5 heteroatoms. The summed E-state index contributed by atoms with van der Waals surface area (Å²) in [6, 6.07) is 31.2. The molecular formula is C27H20N2O3. The van der Waals surface area contributed by atoms with Crippen LogP contribution < -0.4 is 10.6 Å². The van der Waals surface area contributed by atoms with E-state index in [0.717, 1.165) is 0 Å². The van der Waals surface area contributed by atoms with Gasteiger partial charge in [0.15, 0.2) is 5.78 Å². The predicted octanol–water partition coefficient (Wildman–Crippen LogP) is 5.42. The van der Waals surface area contributed by atoms with Gasteiger partial charge in [0.25, 0.3) is 11.8 Å². The average molecular weight is 420 g/mol. The molecule has 0 spiro atoms. The van der Waals surface area contributed by atoms with Gasteiger partial charge in [0.05, 0.1) is 11.4 Å². The lowest BCUT2D eigenvalue weighted by Gasteiger charge is -2.14. The molecule has 0 atom stereocenters. The minimum absolute atomic E-state index is 0.179. The van der Waals surface area contributed by atoms with Gasteiger partial charge in [-0.05, 0) is 42.5 Å². The van der Waals surface area contributed by atoms with Crippen molar-refractivity contribution in [2.24, 2.45) is 0 Å². The molecule has 0 aliphatic carbocycles. The topological polar surface area (TPSA) is 75.3 Å². The second kappa shape index (κ2) is 9.53. The van der Waals surface area contributed by atoms with Crippen LogP contribution in [0.15, 0.2) is 109 Å². The van der Waals surface area contributed by atoms with Crippen molar-refractivity contribution in [2.75, 3.05) is 10.6 Å². The molecule has 0 fully saturated rings. The van der Waals surface area contributed by atoms with E-state index in [1.165, 1.54) is 0 Å². The Kier molecular flexibility index (Phi) is 6.18. The lowest BCUT2D eigenvalue weighted by Crippen LogP contribution is -2.17. The van der Waals surface area contributed by atoms with Crippen molar-refractivity contribution in [1.82, 2.24) is 0 Å². The summed E-state index contributed by atoms with van der Waals surface area (Å²) in [6.45, 7) is 0. The average Bonchev–Trinajstić information content (AvgIpc) is 2.86. The maximum Gasteiger partial charge on any atom is 0.255 e. The Labute approximate surface area is 185 Å². The van der Waals surface area contributed by atoms with Crippen LogP contribution in [0.1, 0.15) is 36.6 Å². The van der Waals surface area contributed by atoms with E-state index in [2.05, 4.69) is 10.6 Å². The molecule has 0 saturated heterocycles. The zero-order valence-electron chi connectivity index (χ0n) is 17.1. The van der Waals surface area contributed by atoms with Gasteiger partial charge >= 0.3 is 0 Å². The molecule has 2 N–H and O–H groups in total. The molecule has 0 unspecified atom stereocenters. The minimum atomic E-state index is -0.342. The quantitative estimate of drug-likeness (QED) is 0.409. The number of anilines is 2. The summed E-state index contributed by atoms with van der Waals surface area (Å²) in [4.78, 5) is 38.3. The molecular weight excluding hydrogens is 400 g/mol. The van der Waals surface area contributed by atoms with Crippen LogP contribution in [-0.4, -0.2) is 17.6 Å². The largest absolute Gasteiger partial charge is 0.320 e. The van der Waals surface area contributed by atoms with Crippen molar-refractivity contribution in [3.05, 3.63) is 131 Å². The molecule has 2 amide bonds. The van der Waals surface area contributed by atoms with E-state index in [4.69, 9.17) is 0 Å². The van der Waals surface area contributed by atoms with E-state index >= 15 is 0 Å². The Morgan fingerprint density at radius 3 is 1.38 bits per heavy atom. The summed E-state index contributed by atoms with van der Waals surface area (Å²) >= 11 is 0. The fourth-order valence-corrected chi connectivity index (χ4v) is 3.22. The smallest absolute Gasteiger partial charge is 0.255 e. The second-order valence-electron chi connectivity index (χ2n) is 7.10. The van der Waals surface area contributed by atoms with E-state index in [-0.39, 0.29) is 17.6 Å². The van der Waals surface area contributed by atoms with Crippen molar-refractivity contribution in [3.63, 3.8) is 0 Å². The molecule has 156 valence electrons. The van der Waals surface area contributed by atoms with Crippen molar-refractivity contribution in [1.29, 1.82) is 0 Å². The monoisotopic (exact) mass is 420 g/mol. The molecule has 0 aliphatic heterocycles. The van der Waals surface area contributed by atoms with Gasteiger partial charge in [-0.25, -0.2) is 0 Å². The molecule has 0 aliphatic rings. The van der Waals surface area contributed by atoms with Crippen LogP contribution in [0.2, 0.25) is 0 Å². The highest BCUT2D eigenvalue weighted by molar-refractivity contribution is 6.13. The second-order valence-corrected chi connectivity index (χ2v) is 7.10. The summed E-state index contributed by atoms with van der Waals surface area (Å²) in [5.74, 6) is -0.838. The van der Waals surface area contributed by atoms with Gasteiger partial charge in [0, 0.05) is 22.3 Å². The number of hydrogen-bond acceptors (Lipinski definition) is 3. The number of carbonyl (C=O) groups excluding carboxylic acids is 3. The highest BCUT2D eigenvalue weighted by atomic mass is 16.2. The maximum absolute atomic E-state index is 12.9. The highest BCUT2D eigenvalue weighted by Gasteiger charge is 2.16. The third-order valence-corrected chi connectivity index (χ3v) is 4.89. The first-order chi connectivity index (χ1) is 15.6. The van der Waals surface area contributed by atoms with Crippen LogP contribution in [0, 0.1) is 0 Å². The fraction of sp³-hybridized carbons (Fsp3) is 0. The predicted molar refractivity (Wildman–Crippen MR) is 125 cm³/mol. The number of hydrogen-bond donors (Lipinski definition) is 2. The highest BCUT2D eigenvalue weighted by Crippen LogP contribution is 2.26. The van der Waals surface area contributed by atoms with Crippen LogP contribution >= 0.6 is 0 Å². The lowest BCUT2D eigenvalue weighted by atomic mass is 10.0. The van der Waals surface area contributed by atoms with Crippen molar-refractivity contribution in [3.8, 4) is 0 Å². The van der Waals surface area contributed by atoms with Gasteiger partial charge in [0.1, 0.15) is 0 Å². The lowest BCUT2D eigenvalue weighted by molar-refractivity contribution is 0.101. The third kappa shape index (κ3) is 4.79. The molecule has 0 saturated carbocycles. The normalized spacial score (nSPS) is 10.2. The molecule has 4 aromatic rings. The number of carbonyl (C=O) groups is 3. The molecule has 0 aromatic heterocycles. The molecule has 0 radical (unpaired) electrons. The molecule has 4 rings (SSSR count). The van der Waals surface area contributed by atoms with E-state index < -0.39 is 0 Å². The fourth-order valence-electron chi connectivity index (χ4n) is 3.22. The Balaban J connectivity index is 1.67. The summed E-state index contributed by atoms with van der Waals surface area (Å²) in [5.41, 5.74) is 2.62. The molecule has 5 nitrogen and oxygen atoms in total. The third-order valence-electron chi connectivity index (χ3n) is 4.89. The molecule has 0 bridgehead atoms. The Hall–Kier alpha value is -4.51. The first-order valence-corrected chi connectivity index (χ1v) is 10.1. The maximum atomic E-state index is 12.9. The number of ketones is 1. The Morgan fingerprint density at radius 1 is 0.438 bits per heavy atom. The van der Waals surface area contributed by atoms with E-state index in [1.54, 1.807) is 91.0 Å². The summed E-state index contributed by atoms with van der Waals surface area (Å²) in [5, 5.41) is 5.65. The SMILES string of the molecule is O=C(Nc1ccc(C(=O)c2ccccc2)cc1NC(=O)c1ccccc1)c1ccccc1. The van der Waals surface area contributed by atoms with E-state index in [1.807, 2.05) is 18.2 Å². The summed E-state index contributed by atoms with van der Waals surface area (Å²) < 4.78 is 0. The number of benzene rings is 4. The standard InChI is InChI=1S/C27H20N2O3/c30-25(19-10-4-1-5-11-19)22-16-17-23(28-26(31)20-12-6-2-7-13-20)24(18-22)29-27(32)21-14-8-3-9-15-21/h1-18H,(H,28,31)(H,29,32). The minimum Gasteiger partial charge on any atom is -0.320 e. The molecule has 32 heavy (non-hydrogen) atoms. The van der Waals surface area contributed by atoms with Gasteiger partial charge in [0.2, 0.25) is 0 Å². The van der Waals surface area contributed by atoms with Crippen LogP contribution in [0.3, 0.4) is 0 Å². The van der Waals surface area contributed by atoms with Gasteiger partial charge in [-0.3, -0.25) is 14.4 Å². The number of nitrogens with one attached hydrogen (secondary N) is 2. The first kappa shape index (κ1) is 20.8. The van der Waals surface area contributed by atoms with Gasteiger partial charge < -0.3 is 10.6 Å². The van der Waals surface area contributed by atoms with Crippen LogP contribution in [0.4, 0.5) is 11.4 Å². The van der Waals surface area contributed by atoms with E-state index in [9.17, 15) is 14.4 Å².